The van der Waals surface area contributed by atoms with E-state index in [1.54, 1.807) is 18.2 Å². The average molecular weight is 395 g/mol. The normalized spacial score (nSPS) is 10.5. The van der Waals surface area contributed by atoms with Gasteiger partial charge in [-0.25, -0.2) is 0 Å². The lowest BCUT2D eigenvalue weighted by atomic mass is 10.1. The number of ether oxygens (including phenoxy) is 3. The van der Waals surface area contributed by atoms with Crippen molar-refractivity contribution >= 4 is 11.9 Å². The molecule has 28 heavy (non-hydrogen) atoms. The Morgan fingerprint density at radius 3 is 2.04 bits per heavy atom. The van der Waals surface area contributed by atoms with Crippen molar-refractivity contribution in [1.82, 2.24) is 4.90 Å². The summed E-state index contributed by atoms with van der Waals surface area (Å²) in [5.74, 6) is -0.890. The van der Waals surface area contributed by atoms with E-state index in [9.17, 15) is 18.4 Å². The van der Waals surface area contributed by atoms with Gasteiger partial charge < -0.3 is 24.2 Å². The molecule has 0 aliphatic carbocycles. The number of alkyl halides is 2. The molecular formula is C19H19F2NO6. The number of amides is 1. The Balaban J connectivity index is 2.25. The monoisotopic (exact) mass is 395 g/mol. The van der Waals surface area contributed by atoms with Gasteiger partial charge in [0.15, 0.2) is 0 Å². The zero-order chi connectivity index (χ0) is 20.7. The minimum atomic E-state index is -2.98. The van der Waals surface area contributed by atoms with Crippen molar-refractivity contribution in [3.63, 3.8) is 0 Å². The van der Waals surface area contributed by atoms with Gasteiger partial charge in [0, 0.05) is 18.2 Å². The van der Waals surface area contributed by atoms with E-state index in [2.05, 4.69) is 4.74 Å². The van der Waals surface area contributed by atoms with Crippen LogP contribution in [0.1, 0.15) is 15.9 Å². The van der Waals surface area contributed by atoms with Gasteiger partial charge in [-0.3, -0.25) is 9.59 Å². The smallest absolute Gasteiger partial charge is 0.387 e. The summed E-state index contributed by atoms with van der Waals surface area (Å²) in [6.45, 7) is -3.55. The van der Waals surface area contributed by atoms with Gasteiger partial charge in [-0.1, -0.05) is 0 Å². The molecule has 0 spiro atoms. The number of nitrogens with zero attached hydrogens (tertiary/aromatic N) is 1. The molecule has 2 aromatic carbocycles. The third kappa shape index (κ3) is 5.83. The van der Waals surface area contributed by atoms with Crippen molar-refractivity contribution in [3.05, 3.63) is 53.6 Å². The van der Waals surface area contributed by atoms with E-state index in [0.717, 1.165) is 4.90 Å². The number of hydrogen-bond acceptors (Lipinski definition) is 5. The fourth-order valence-electron chi connectivity index (χ4n) is 2.50. The highest BCUT2D eigenvalue weighted by molar-refractivity contribution is 5.95. The van der Waals surface area contributed by atoms with Gasteiger partial charge in [-0.2, -0.15) is 8.78 Å². The molecule has 1 N–H and O–H groups in total. The molecule has 0 aliphatic rings. The highest BCUT2D eigenvalue weighted by Gasteiger charge is 2.20. The van der Waals surface area contributed by atoms with E-state index in [1.807, 2.05) is 0 Å². The zero-order valence-electron chi connectivity index (χ0n) is 15.2. The predicted molar refractivity (Wildman–Crippen MR) is 95.0 cm³/mol. The van der Waals surface area contributed by atoms with Gasteiger partial charge in [-0.05, 0) is 42.0 Å². The topological polar surface area (TPSA) is 85.3 Å². The second kappa shape index (κ2) is 9.54. The minimum absolute atomic E-state index is 0.0199. The minimum Gasteiger partial charge on any atom is -0.497 e. The van der Waals surface area contributed by atoms with Gasteiger partial charge in [0.25, 0.3) is 5.91 Å². The second-order valence-corrected chi connectivity index (χ2v) is 5.68. The summed E-state index contributed by atoms with van der Waals surface area (Å²) in [5.41, 5.74) is 0.737. The lowest BCUT2D eigenvalue weighted by Gasteiger charge is -2.22. The number of carboxylic acids is 1. The summed E-state index contributed by atoms with van der Waals surface area (Å²) >= 11 is 0. The standard InChI is InChI=1S/C19H19F2NO6/c1-26-15-7-12(8-16(9-15)27-2)10-22(11-17(23)24)18(25)13-3-5-14(6-4-13)28-19(20)21/h3-9,19H,10-11H2,1-2H3,(H,23,24). The molecule has 0 bridgehead atoms. The third-order valence-electron chi connectivity index (χ3n) is 3.72. The lowest BCUT2D eigenvalue weighted by molar-refractivity contribution is -0.137. The molecule has 150 valence electrons. The number of carboxylic acid groups (broad SMARTS) is 1. The first-order valence-electron chi connectivity index (χ1n) is 8.10. The van der Waals surface area contributed by atoms with Crippen molar-refractivity contribution in [3.8, 4) is 17.2 Å². The van der Waals surface area contributed by atoms with E-state index < -0.39 is 25.0 Å². The lowest BCUT2D eigenvalue weighted by Crippen LogP contribution is -2.35. The van der Waals surface area contributed by atoms with Gasteiger partial charge in [-0.15, -0.1) is 0 Å². The van der Waals surface area contributed by atoms with Crippen LogP contribution in [0, 0.1) is 0 Å². The van der Waals surface area contributed by atoms with Gasteiger partial charge in [0.2, 0.25) is 0 Å². The van der Waals surface area contributed by atoms with Crippen LogP contribution in [0.5, 0.6) is 17.2 Å². The number of benzene rings is 2. The fourth-order valence-corrected chi connectivity index (χ4v) is 2.50. The number of rotatable bonds is 9. The number of methoxy groups -OCH3 is 2. The van der Waals surface area contributed by atoms with Gasteiger partial charge in [0.1, 0.15) is 23.8 Å². The molecule has 0 atom stereocenters. The van der Waals surface area contributed by atoms with Crippen molar-refractivity contribution in [1.29, 1.82) is 0 Å². The molecule has 1 amide bonds. The number of carbonyl (C=O) groups is 2. The summed E-state index contributed by atoms with van der Waals surface area (Å²) in [6.07, 6.45) is 0. The molecule has 0 aliphatic heterocycles. The Hall–Kier alpha value is -3.36. The molecular weight excluding hydrogens is 376 g/mol. The summed E-state index contributed by atoms with van der Waals surface area (Å²) in [7, 11) is 2.95. The van der Waals surface area contributed by atoms with Crippen molar-refractivity contribution < 1.29 is 37.7 Å². The van der Waals surface area contributed by atoms with Crippen molar-refractivity contribution in [2.24, 2.45) is 0 Å². The highest BCUT2D eigenvalue weighted by atomic mass is 19.3. The molecule has 0 saturated heterocycles. The van der Waals surface area contributed by atoms with E-state index >= 15 is 0 Å². The molecule has 2 aromatic rings. The zero-order valence-corrected chi connectivity index (χ0v) is 15.2. The largest absolute Gasteiger partial charge is 0.497 e. The molecule has 7 nitrogen and oxygen atoms in total. The molecule has 0 radical (unpaired) electrons. The van der Waals surface area contributed by atoms with Gasteiger partial charge in [0.05, 0.1) is 14.2 Å². The van der Waals surface area contributed by atoms with E-state index in [0.29, 0.717) is 17.1 Å². The first-order valence-corrected chi connectivity index (χ1v) is 8.10. The fraction of sp³-hybridized carbons (Fsp3) is 0.263. The van der Waals surface area contributed by atoms with Crippen LogP contribution in [0.25, 0.3) is 0 Å². The van der Waals surface area contributed by atoms with Gasteiger partial charge >= 0.3 is 12.6 Å². The van der Waals surface area contributed by atoms with Crippen LogP contribution in [-0.2, 0) is 11.3 Å². The Kier molecular flexibility index (Phi) is 7.14. The maximum atomic E-state index is 12.7. The number of carbonyl (C=O) groups excluding carboxylic acids is 1. The third-order valence-corrected chi connectivity index (χ3v) is 3.72. The highest BCUT2D eigenvalue weighted by Crippen LogP contribution is 2.24. The van der Waals surface area contributed by atoms with Crippen LogP contribution in [0.2, 0.25) is 0 Å². The van der Waals surface area contributed by atoms with Crippen molar-refractivity contribution in [2.75, 3.05) is 20.8 Å². The molecule has 0 unspecified atom stereocenters. The SMILES string of the molecule is COc1cc(CN(CC(=O)O)C(=O)c2ccc(OC(F)F)cc2)cc(OC)c1. The van der Waals surface area contributed by atoms with Crippen LogP contribution in [0.15, 0.2) is 42.5 Å². The summed E-state index contributed by atoms with van der Waals surface area (Å²) in [5, 5.41) is 9.16. The molecule has 0 fully saturated rings. The number of aliphatic carboxylic acids is 1. The Bertz CT molecular complexity index is 803. The molecule has 0 heterocycles. The Morgan fingerprint density at radius 1 is 1.00 bits per heavy atom. The van der Waals surface area contributed by atoms with Crippen LogP contribution in [-0.4, -0.2) is 49.3 Å². The van der Waals surface area contributed by atoms with E-state index in [1.165, 1.54) is 38.5 Å². The first kappa shape index (κ1) is 20.9. The van der Waals surface area contributed by atoms with Crippen LogP contribution in [0.3, 0.4) is 0 Å². The quantitative estimate of drug-likeness (QED) is 0.703. The van der Waals surface area contributed by atoms with Crippen LogP contribution >= 0.6 is 0 Å². The van der Waals surface area contributed by atoms with Crippen molar-refractivity contribution in [2.45, 2.75) is 13.2 Å². The summed E-state index contributed by atoms with van der Waals surface area (Å²) in [6, 6.07) is 9.98. The average Bonchev–Trinajstić information content (AvgIpc) is 2.66. The maximum Gasteiger partial charge on any atom is 0.387 e. The predicted octanol–water partition coefficient (Wildman–Crippen LogP) is 3.03. The number of hydrogen-bond donors (Lipinski definition) is 1. The van der Waals surface area contributed by atoms with E-state index in [-0.39, 0.29) is 17.9 Å². The van der Waals surface area contributed by atoms with E-state index in [4.69, 9.17) is 14.6 Å². The summed E-state index contributed by atoms with van der Waals surface area (Å²) in [4.78, 5) is 25.1. The number of halogens is 2. The Labute approximate surface area is 160 Å². The molecule has 0 saturated carbocycles. The van der Waals surface area contributed by atoms with Crippen LogP contribution in [0.4, 0.5) is 8.78 Å². The second-order valence-electron chi connectivity index (χ2n) is 5.68. The van der Waals surface area contributed by atoms with Crippen LogP contribution < -0.4 is 14.2 Å². The first-order chi connectivity index (χ1) is 13.3. The molecule has 9 heteroatoms. The molecule has 2 rings (SSSR count). The summed E-state index contributed by atoms with van der Waals surface area (Å²) < 4.78 is 39.1. The molecule has 0 aromatic heterocycles. The Morgan fingerprint density at radius 2 is 1.57 bits per heavy atom. The maximum absolute atomic E-state index is 12.7.